The van der Waals surface area contributed by atoms with E-state index < -0.39 is 35.3 Å². The summed E-state index contributed by atoms with van der Waals surface area (Å²) in [5.74, 6) is -2.46. The van der Waals surface area contributed by atoms with Crippen LogP contribution >= 0.6 is 23.1 Å². The SMILES string of the molecule is CSc1nc2c(s1)c(=O)n(-c1ccccc1C)c(=O)n2CC(=O)Nc1ccc(F)cc1F. The van der Waals surface area contributed by atoms with Gasteiger partial charge in [0.2, 0.25) is 5.91 Å². The Hall–Kier alpha value is -3.31. The first-order valence-electron chi connectivity index (χ1n) is 9.31. The van der Waals surface area contributed by atoms with Crippen molar-refractivity contribution in [1.82, 2.24) is 14.1 Å². The minimum absolute atomic E-state index is 0.0777. The molecular weight excluding hydrogens is 458 g/mol. The number of anilines is 1. The minimum Gasteiger partial charge on any atom is -0.322 e. The van der Waals surface area contributed by atoms with E-state index >= 15 is 0 Å². The Morgan fingerprint density at radius 1 is 1.19 bits per heavy atom. The third-order valence-corrected chi connectivity index (χ3v) is 6.72. The molecule has 0 aliphatic carbocycles. The zero-order valence-corrected chi connectivity index (χ0v) is 18.5. The number of nitrogens with one attached hydrogen (secondary N) is 1. The number of thiazole rings is 1. The Kier molecular flexibility index (Phi) is 5.94. The van der Waals surface area contributed by atoms with E-state index in [-0.39, 0.29) is 16.0 Å². The number of carbonyl (C=O) groups is 1. The molecule has 0 fully saturated rings. The maximum atomic E-state index is 13.9. The fraction of sp³-hybridized carbons (Fsp3) is 0.143. The number of amides is 1. The van der Waals surface area contributed by atoms with Gasteiger partial charge in [-0.25, -0.2) is 23.1 Å². The van der Waals surface area contributed by atoms with Gasteiger partial charge in [-0.2, -0.15) is 0 Å². The second-order valence-electron chi connectivity index (χ2n) is 6.80. The highest BCUT2D eigenvalue weighted by Crippen LogP contribution is 2.25. The summed E-state index contributed by atoms with van der Waals surface area (Å²) in [5.41, 5.74) is -0.333. The molecule has 2 aromatic heterocycles. The highest BCUT2D eigenvalue weighted by molar-refractivity contribution is 8.00. The standard InChI is InChI=1S/C21H16F2N4O3S2/c1-11-5-3-4-6-15(11)27-19(29)17-18(25-20(31-2)32-17)26(21(27)30)10-16(28)24-14-8-7-12(22)9-13(14)23/h3-9H,10H2,1-2H3,(H,24,28). The summed E-state index contributed by atoms with van der Waals surface area (Å²) >= 11 is 2.43. The topological polar surface area (TPSA) is 86.0 Å². The maximum absolute atomic E-state index is 13.9. The van der Waals surface area contributed by atoms with Crippen LogP contribution < -0.4 is 16.6 Å². The van der Waals surface area contributed by atoms with Crippen molar-refractivity contribution in [3.8, 4) is 5.69 Å². The third kappa shape index (κ3) is 3.96. The van der Waals surface area contributed by atoms with Gasteiger partial charge in [0.05, 0.1) is 11.4 Å². The molecule has 0 unspecified atom stereocenters. The number of aromatic nitrogens is 3. The second-order valence-corrected chi connectivity index (χ2v) is 8.86. The zero-order chi connectivity index (χ0) is 23.0. The summed E-state index contributed by atoms with van der Waals surface area (Å²) in [5, 5.41) is 2.33. The Morgan fingerprint density at radius 2 is 1.94 bits per heavy atom. The lowest BCUT2D eigenvalue weighted by molar-refractivity contribution is -0.116. The number of hydrogen-bond acceptors (Lipinski definition) is 6. The predicted octanol–water partition coefficient (Wildman–Crippen LogP) is 3.56. The van der Waals surface area contributed by atoms with E-state index in [0.29, 0.717) is 21.7 Å². The number of aryl methyl sites for hydroxylation is 1. The van der Waals surface area contributed by atoms with E-state index in [1.807, 2.05) is 0 Å². The third-order valence-electron chi connectivity index (χ3n) is 4.70. The lowest BCUT2D eigenvalue weighted by Gasteiger charge is -2.13. The van der Waals surface area contributed by atoms with Crippen LogP contribution in [0.2, 0.25) is 0 Å². The van der Waals surface area contributed by atoms with Crippen molar-refractivity contribution in [3.63, 3.8) is 0 Å². The van der Waals surface area contributed by atoms with E-state index in [9.17, 15) is 23.2 Å². The van der Waals surface area contributed by atoms with Crippen LogP contribution in [0.1, 0.15) is 5.56 Å². The number of para-hydroxylation sites is 1. The molecule has 0 spiro atoms. The highest BCUT2D eigenvalue weighted by Gasteiger charge is 2.21. The molecule has 2 heterocycles. The first-order valence-corrected chi connectivity index (χ1v) is 11.4. The van der Waals surface area contributed by atoms with Crippen LogP contribution in [0.5, 0.6) is 0 Å². The number of fused-ring (bicyclic) bond motifs is 1. The van der Waals surface area contributed by atoms with Gasteiger partial charge in [0, 0.05) is 6.07 Å². The van der Waals surface area contributed by atoms with Gasteiger partial charge in [-0.05, 0) is 36.9 Å². The van der Waals surface area contributed by atoms with E-state index in [4.69, 9.17) is 0 Å². The van der Waals surface area contributed by atoms with Crippen molar-refractivity contribution in [2.45, 2.75) is 17.8 Å². The fourth-order valence-corrected chi connectivity index (χ4v) is 4.69. The van der Waals surface area contributed by atoms with Crippen molar-refractivity contribution >= 4 is 45.0 Å². The molecule has 0 saturated heterocycles. The molecule has 164 valence electrons. The van der Waals surface area contributed by atoms with Crippen LogP contribution in [0.25, 0.3) is 16.0 Å². The first kappa shape index (κ1) is 21.9. The molecule has 0 aliphatic rings. The molecule has 0 saturated carbocycles. The second kappa shape index (κ2) is 8.67. The van der Waals surface area contributed by atoms with E-state index in [1.54, 1.807) is 37.4 Å². The molecule has 0 radical (unpaired) electrons. The Balaban J connectivity index is 1.85. The summed E-state index contributed by atoms with van der Waals surface area (Å²) < 4.78 is 29.9. The Labute approximate surface area is 188 Å². The molecule has 1 amide bonds. The molecule has 0 bridgehead atoms. The van der Waals surface area contributed by atoms with Crippen molar-refractivity contribution in [1.29, 1.82) is 0 Å². The molecule has 2 aromatic carbocycles. The van der Waals surface area contributed by atoms with E-state index in [2.05, 4.69) is 10.3 Å². The molecule has 0 atom stereocenters. The molecule has 4 aromatic rings. The largest absolute Gasteiger partial charge is 0.337 e. The van der Waals surface area contributed by atoms with Crippen molar-refractivity contribution in [3.05, 3.63) is 80.5 Å². The van der Waals surface area contributed by atoms with Crippen LogP contribution in [-0.2, 0) is 11.3 Å². The molecule has 1 N–H and O–H groups in total. The van der Waals surface area contributed by atoms with Crippen molar-refractivity contribution in [2.24, 2.45) is 0 Å². The number of nitrogens with zero attached hydrogens (tertiary/aromatic N) is 3. The number of benzene rings is 2. The van der Waals surface area contributed by atoms with Crippen molar-refractivity contribution in [2.75, 3.05) is 11.6 Å². The molecule has 0 aliphatic heterocycles. The quantitative estimate of drug-likeness (QED) is 0.447. The smallest absolute Gasteiger partial charge is 0.322 e. The summed E-state index contributed by atoms with van der Waals surface area (Å²) in [4.78, 5) is 43.5. The van der Waals surface area contributed by atoms with E-state index in [1.165, 1.54) is 11.8 Å². The highest BCUT2D eigenvalue weighted by atomic mass is 32.2. The first-order chi connectivity index (χ1) is 15.3. The number of carbonyl (C=O) groups excluding carboxylic acids is 1. The fourth-order valence-electron chi connectivity index (χ4n) is 3.20. The average molecular weight is 475 g/mol. The summed E-state index contributed by atoms with van der Waals surface area (Å²) in [7, 11) is 0. The minimum atomic E-state index is -0.945. The van der Waals surface area contributed by atoms with Crippen LogP contribution in [0.4, 0.5) is 14.5 Å². The Morgan fingerprint density at radius 3 is 2.62 bits per heavy atom. The number of thioether (sulfide) groups is 1. The van der Waals surface area contributed by atoms with Gasteiger partial charge in [-0.1, -0.05) is 30.0 Å². The van der Waals surface area contributed by atoms with Crippen molar-refractivity contribution < 1.29 is 13.6 Å². The molecule has 7 nitrogen and oxygen atoms in total. The van der Waals surface area contributed by atoms with Gasteiger partial charge in [0.15, 0.2) is 9.99 Å². The van der Waals surface area contributed by atoms with Gasteiger partial charge >= 0.3 is 5.69 Å². The lowest BCUT2D eigenvalue weighted by atomic mass is 10.2. The van der Waals surface area contributed by atoms with Crippen LogP contribution in [0.3, 0.4) is 0 Å². The monoisotopic (exact) mass is 474 g/mol. The molecule has 11 heteroatoms. The number of halogens is 2. The summed E-state index contributed by atoms with van der Waals surface area (Å²) in [6, 6.07) is 9.62. The maximum Gasteiger partial charge on any atom is 0.337 e. The normalized spacial score (nSPS) is 11.1. The molecular formula is C21H16F2N4O3S2. The van der Waals surface area contributed by atoms with Gasteiger partial charge < -0.3 is 5.32 Å². The van der Waals surface area contributed by atoms with E-state index in [0.717, 1.165) is 32.6 Å². The Bertz CT molecular complexity index is 1480. The van der Waals surface area contributed by atoms with Gasteiger partial charge in [0.25, 0.3) is 5.56 Å². The predicted molar refractivity (Wildman–Crippen MR) is 121 cm³/mol. The van der Waals surface area contributed by atoms with Gasteiger partial charge in [-0.3, -0.25) is 14.2 Å². The van der Waals surface area contributed by atoms with Gasteiger partial charge in [0.1, 0.15) is 22.9 Å². The lowest BCUT2D eigenvalue weighted by Crippen LogP contribution is -2.41. The van der Waals surface area contributed by atoms with Gasteiger partial charge in [-0.15, -0.1) is 11.3 Å². The molecule has 32 heavy (non-hydrogen) atoms. The summed E-state index contributed by atoms with van der Waals surface area (Å²) in [6.07, 6.45) is 1.78. The zero-order valence-electron chi connectivity index (χ0n) is 16.9. The number of rotatable bonds is 5. The van der Waals surface area contributed by atoms with Crippen LogP contribution in [-0.4, -0.2) is 26.3 Å². The van der Waals surface area contributed by atoms with Crippen LogP contribution in [0.15, 0.2) is 56.4 Å². The average Bonchev–Trinajstić information content (AvgIpc) is 3.19. The van der Waals surface area contributed by atoms with Crippen LogP contribution in [0, 0.1) is 18.6 Å². The molecule has 4 rings (SSSR count). The summed E-state index contributed by atoms with van der Waals surface area (Å²) in [6.45, 7) is 1.25. The number of hydrogen-bond donors (Lipinski definition) is 1.